The summed E-state index contributed by atoms with van der Waals surface area (Å²) in [6.07, 6.45) is 4.20. The maximum Gasteiger partial charge on any atom is 0.301 e. The normalized spacial score (nSPS) is 15.6. The number of anilines is 1. The zero-order chi connectivity index (χ0) is 19.7. The lowest BCUT2D eigenvalue weighted by Gasteiger charge is -2.26. The summed E-state index contributed by atoms with van der Waals surface area (Å²) in [5.74, 6) is -1.55. The van der Waals surface area contributed by atoms with Crippen molar-refractivity contribution in [3.05, 3.63) is 53.9 Å². The molecule has 3 heterocycles. The fourth-order valence-corrected chi connectivity index (χ4v) is 4.16. The van der Waals surface area contributed by atoms with E-state index in [1.807, 2.05) is 0 Å². The van der Waals surface area contributed by atoms with Crippen LogP contribution < -0.4 is 4.72 Å². The molecule has 1 aromatic carbocycles. The number of nitrogens with zero attached hydrogens (tertiary/aromatic N) is 3. The molecule has 0 spiro atoms. The Morgan fingerprint density at radius 3 is 2.82 bits per heavy atom. The molecule has 146 valence electrons. The number of nitrogens with one attached hydrogen (secondary N) is 2. The van der Waals surface area contributed by atoms with Gasteiger partial charge in [-0.25, -0.2) is 14.4 Å². The second-order valence-corrected chi connectivity index (χ2v) is 7.77. The molecule has 3 aromatic rings. The Labute approximate surface area is 159 Å². The molecule has 1 aliphatic heterocycles. The van der Waals surface area contributed by atoms with E-state index < -0.39 is 21.8 Å². The molecule has 1 saturated heterocycles. The number of morpholine rings is 1. The minimum absolute atomic E-state index is 0.172. The number of benzene rings is 1. The van der Waals surface area contributed by atoms with E-state index in [-0.39, 0.29) is 43.1 Å². The highest BCUT2D eigenvalue weighted by molar-refractivity contribution is 7.90. The van der Waals surface area contributed by atoms with E-state index >= 15 is 0 Å². The van der Waals surface area contributed by atoms with Crippen LogP contribution in [0.25, 0.3) is 11.0 Å². The van der Waals surface area contributed by atoms with Gasteiger partial charge in [-0.1, -0.05) is 6.07 Å². The van der Waals surface area contributed by atoms with Gasteiger partial charge in [0.25, 0.3) is 0 Å². The molecule has 2 aromatic heterocycles. The van der Waals surface area contributed by atoms with Crippen LogP contribution in [0.15, 0.2) is 36.9 Å². The zero-order valence-corrected chi connectivity index (χ0v) is 15.4. The molecule has 28 heavy (non-hydrogen) atoms. The van der Waals surface area contributed by atoms with Gasteiger partial charge in [0.2, 0.25) is 0 Å². The molecule has 0 aliphatic carbocycles. The Balaban J connectivity index is 1.66. The Kier molecular flexibility index (Phi) is 4.79. The number of ether oxygens (including phenoxy) is 1. The van der Waals surface area contributed by atoms with Gasteiger partial charge in [-0.05, 0) is 12.1 Å². The summed E-state index contributed by atoms with van der Waals surface area (Å²) in [5.41, 5.74) is 0.0889. The van der Waals surface area contributed by atoms with Crippen LogP contribution in [0.4, 0.5) is 10.1 Å². The van der Waals surface area contributed by atoms with E-state index in [9.17, 15) is 17.6 Å². The molecule has 2 N–H and O–H groups in total. The van der Waals surface area contributed by atoms with E-state index in [0.717, 1.165) is 0 Å². The van der Waals surface area contributed by atoms with Crippen molar-refractivity contribution in [2.75, 3.05) is 31.0 Å². The van der Waals surface area contributed by atoms with Gasteiger partial charge in [-0.15, -0.1) is 0 Å². The molecule has 11 heteroatoms. The number of hydrogen-bond donors (Lipinski definition) is 2. The van der Waals surface area contributed by atoms with Gasteiger partial charge >= 0.3 is 10.2 Å². The molecular formula is C17H16FN5O4S. The third-order valence-corrected chi connectivity index (χ3v) is 5.92. The first kappa shape index (κ1) is 18.5. The molecule has 0 amide bonds. The largest absolute Gasteiger partial charge is 0.379 e. The number of aromatic nitrogens is 3. The number of H-pyrrole nitrogens is 1. The molecule has 0 atom stereocenters. The summed E-state index contributed by atoms with van der Waals surface area (Å²) in [7, 11) is -3.96. The van der Waals surface area contributed by atoms with E-state index in [1.54, 1.807) is 0 Å². The van der Waals surface area contributed by atoms with Crippen LogP contribution in [0, 0.1) is 5.82 Å². The van der Waals surface area contributed by atoms with Crippen LogP contribution in [0.3, 0.4) is 0 Å². The fraction of sp³-hybridized carbons (Fsp3) is 0.235. The molecular weight excluding hydrogens is 389 g/mol. The van der Waals surface area contributed by atoms with Crippen LogP contribution in [-0.2, 0) is 14.9 Å². The van der Waals surface area contributed by atoms with Gasteiger partial charge in [0.05, 0.1) is 30.0 Å². The predicted molar refractivity (Wildman–Crippen MR) is 98.7 cm³/mol. The van der Waals surface area contributed by atoms with Crippen molar-refractivity contribution < 1.29 is 22.3 Å². The van der Waals surface area contributed by atoms with Crippen molar-refractivity contribution in [2.45, 2.75) is 0 Å². The summed E-state index contributed by atoms with van der Waals surface area (Å²) in [5, 5.41) is 0.450. The second kappa shape index (κ2) is 7.26. The number of rotatable bonds is 5. The van der Waals surface area contributed by atoms with E-state index in [0.29, 0.717) is 11.0 Å². The first-order chi connectivity index (χ1) is 13.5. The Bertz CT molecular complexity index is 1140. The van der Waals surface area contributed by atoms with Gasteiger partial charge in [-0.2, -0.15) is 12.7 Å². The summed E-state index contributed by atoms with van der Waals surface area (Å²) in [6.45, 7) is 0.880. The number of ketones is 1. The van der Waals surface area contributed by atoms with Crippen molar-refractivity contribution in [2.24, 2.45) is 0 Å². The summed E-state index contributed by atoms with van der Waals surface area (Å²) in [6, 6.07) is 3.98. The fourth-order valence-electron chi connectivity index (χ4n) is 2.97. The quantitative estimate of drug-likeness (QED) is 0.618. The topological polar surface area (TPSA) is 117 Å². The molecule has 0 bridgehead atoms. The van der Waals surface area contributed by atoms with Crippen molar-refractivity contribution in [3.63, 3.8) is 0 Å². The number of hydrogen-bond acceptors (Lipinski definition) is 6. The van der Waals surface area contributed by atoms with E-state index in [2.05, 4.69) is 19.7 Å². The van der Waals surface area contributed by atoms with E-state index in [1.165, 1.54) is 41.2 Å². The zero-order valence-electron chi connectivity index (χ0n) is 14.6. The lowest BCUT2D eigenvalue weighted by atomic mass is 10.0. The third kappa shape index (κ3) is 3.35. The standard InChI is InChI=1S/C17H16FN5O4S/c18-15-11(16(24)12-9-20-17-13(12)8-19-10-21-17)2-1-3-14(15)22-28(25,26)23-4-6-27-7-5-23/h1-3,8-10,22H,4-7H2,(H,19,20,21). The smallest absolute Gasteiger partial charge is 0.301 e. The molecule has 9 nitrogen and oxygen atoms in total. The maximum atomic E-state index is 15.0. The highest BCUT2D eigenvalue weighted by atomic mass is 32.2. The highest BCUT2D eigenvalue weighted by Crippen LogP contribution is 2.25. The molecule has 0 unspecified atom stereocenters. The first-order valence-corrected chi connectivity index (χ1v) is 9.87. The molecule has 0 radical (unpaired) electrons. The third-order valence-electron chi connectivity index (χ3n) is 4.39. The summed E-state index contributed by atoms with van der Waals surface area (Å²) >= 11 is 0. The average molecular weight is 405 g/mol. The van der Waals surface area contributed by atoms with Crippen LogP contribution in [0.2, 0.25) is 0 Å². The predicted octanol–water partition coefficient (Wildman–Crippen LogP) is 1.32. The van der Waals surface area contributed by atoms with Crippen molar-refractivity contribution in [1.82, 2.24) is 19.3 Å². The Morgan fingerprint density at radius 1 is 1.25 bits per heavy atom. The lowest BCUT2D eigenvalue weighted by molar-refractivity contribution is 0.0733. The Morgan fingerprint density at radius 2 is 2.04 bits per heavy atom. The summed E-state index contributed by atoms with van der Waals surface area (Å²) in [4.78, 5) is 23.5. The minimum atomic E-state index is -3.96. The SMILES string of the molecule is O=C(c1cccc(NS(=O)(=O)N2CCOCC2)c1F)c1c[nH]c2ncncc12. The number of aromatic amines is 1. The average Bonchev–Trinajstić information content (AvgIpc) is 3.14. The van der Waals surface area contributed by atoms with Gasteiger partial charge in [0.1, 0.15) is 12.0 Å². The molecule has 1 aliphatic rings. The minimum Gasteiger partial charge on any atom is -0.379 e. The Hall–Kier alpha value is -2.89. The van der Waals surface area contributed by atoms with Gasteiger partial charge < -0.3 is 9.72 Å². The first-order valence-electron chi connectivity index (χ1n) is 8.43. The van der Waals surface area contributed by atoms with Crippen molar-refractivity contribution in [3.8, 4) is 0 Å². The number of carbonyl (C=O) groups is 1. The number of fused-ring (bicyclic) bond motifs is 1. The monoisotopic (exact) mass is 405 g/mol. The number of carbonyl (C=O) groups excluding carboxylic acids is 1. The van der Waals surface area contributed by atoms with Crippen LogP contribution in [0.5, 0.6) is 0 Å². The van der Waals surface area contributed by atoms with Gasteiger partial charge in [-0.3, -0.25) is 9.52 Å². The maximum absolute atomic E-state index is 15.0. The van der Waals surface area contributed by atoms with Crippen LogP contribution in [-0.4, -0.2) is 59.8 Å². The van der Waals surface area contributed by atoms with E-state index in [4.69, 9.17) is 4.74 Å². The van der Waals surface area contributed by atoms with Gasteiger partial charge in [0, 0.05) is 30.9 Å². The highest BCUT2D eigenvalue weighted by Gasteiger charge is 2.27. The number of halogens is 1. The van der Waals surface area contributed by atoms with Crippen molar-refractivity contribution in [1.29, 1.82) is 0 Å². The van der Waals surface area contributed by atoms with Crippen molar-refractivity contribution >= 4 is 32.7 Å². The molecule has 4 rings (SSSR count). The second-order valence-electron chi connectivity index (χ2n) is 6.10. The van der Waals surface area contributed by atoms with Crippen LogP contribution >= 0.6 is 0 Å². The molecule has 0 saturated carbocycles. The lowest BCUT2D eigenvalue weighted by Crippen LogP contribution is -2.43. The van der Waals surface area contributed by atoms with Gasteiger partial charge in [0.15, 0.2) is 11.6 Å². The summed E-state index contributed by atoms with van der Waals surface area (Å²) < 4.78 is 48.5. The molecule has 1 fully saturated rings. The van der Waals surface area contributed by atoms with Crippen LogP contribution in [0.1, 0.15) is 15.9 Å².